The summed E-state index contributed by atoms with van der Waals surface area (Å²) in [4.78, 5) is 2.46. The van der Waals surface area contributed by atoms with Crippen LogP contribution in [0.4, 0.5) is 0 Å². The zero-order valence-corrected chi connectivity index (χ0v) is 12.8. The van der Waals surface area contributed by atoms with Gasteiger partial charge in [-0.2, -0.15) is 0 Å². The number of hydrogen-bond acceptors (Lipinski definition) is 2. The highest BCUT2D eigenvalue weighted by Crippen LogP contribution is 2.12. The van der Waals surface area contributed by atoms with Crippen LogP contribution in [0.25, 0.3) is 0 Å². The molecule has 2 aromatic carbocycles. The number of aliphatic hydroxyl groups is 1. The number of aliphatic hydroxyl groups excluding tert-OH is 1. The average molecular weight is 283 g/mol. The van der Waals surface area contributed by atoms with Crippen molar-refractivity contribution in [1.29, 1.82) is 0 Å². The van der Waals surface area contributed by atoms with E-state index in [9.17, 15) is 5.11 Å². The van der Waals surface area contributed by atoms with Crippen molar-refractivity contribution >= 4 is 0 Å². The topological polar surface area (TPSA) is 23.5 Å². The molecule has 0 aromatic heterocycles. The van der Waals surface area contributed by atoms with E-state index in [-0.39, 0.29) is 6.61 Å². The Labute approximate surface area is 128 Å². The van der Waals surface area contributed by atoms with Gasteiger partial charge in [0.2, 0.25) is 0 Å². The van der Waals surface area contributed by atoms with Gasteiger partial charge in [-0.3, -0.25) is 4.90 Å². The second kappa shape index (κ2) is 8.60. The van der Waals surface area contributed by atoms with Gasteiger partial charge in [0.25, 0.3) is 0 Å². The van der Waals surface area contributed by atoms with Gasteiger partial charge in [-0.1, -0.05) is 67.6 Å². The minimum absolute atomic E-state index is 0.268. The Morgan fingerprint density at radius 1 is 0.857 bits per heavy atom. The Morgan fingerprint density at radius 2 is 1.33 bits per heavy atom. The van der Waals surface area contributed by atoms with E-state index < -0.39 is 0 Å². The van der Waals surface area contributed by atoms with Crippen LogP contribution >= 0.6 is 0 Å². The molecule has 0 aliphatic carbocycles. The first-order valence-electron chi connectivity index (χ1n) is 7.69. The Balaban J connectivity index is 1.99. The molecule has 0 saturated carbocycles. The predicted molar refractivity (Wildman–Crippen MR) is 87.9 cm³/mol. The van der Waals surface area contributed by atoms with Crippen LogP contribution < -0.4 is 0 Å². The Bertz CT molecular complexity index is 456. The van der Waals surface area contributed by atoms with Crippen LogP contribution in [-0.2, 0) is 13.1 Å². The summed E-state index contributed by atoms with van der Waals surface area (Å²) in [5.41, 5.74) is 2.68. The molecule has 2 aromatic rings. The summed E-state index contributed by atoms with van der Waals surface area (Å²) in [6.07, 6.45) is 1.02. The van der Waals surface area contributed by atoms with E-state index in [1.807, 2.05) is 0 Å². The summed E-state index contributed by atoms with van der Waals surface area (Å²) in [6, 6.07) is 21.2. The van der Waals surface area contributed by atoms with Gasteiger partial charge in [0, 0.05) is 19.7 Å². The van der Waals surface area contributed by atoms with Crippen molar-refractivity contribution in [2.75, 3.05) is 13.2 Å². The molecule has 2 heteroatoms. The molecule has 0 radical (unpaired) electrons. The summed E-state index contributed by atoms with van der Waals surface area (Å²) in [6.45, 7) is 5.28. The van der Waals surface area contributed by atoms with Gasteiger partial charge >= 0.3 is 0 Å². The molecule has 0 amide bonds. The molecule has 0 fully saturated rings. The highest BCUT2D eigenvalue weighted by molar-refractivity contribution is 5.17. The molecule has 21 heavy (non-hydrogen) atoms. The molecule has 0 unspecified atom stereocenters. The van der Waals surface area contributed by atoms with Crippen LogP contribution in [0, 0.1) is 5.92 Å². The van der Waals surface area contributed by atoms with E-state index in [1.165, 1.54) is 11.1 Å². The van der Waals surface area contributed by atoms with Crippen LogP contribution in [-0.4, -0.2) is 23.2 Å². The molecule has 0 aliphatic rings. The van der Waals surface area contributed by atoms with Crippen LogP contribution in [0.5, 0.6) is 0 Å². The van der Waals surface area contributed by atoms with E-state index in [1.54, 1.807) is 0 Å². The van der Waals surface area contributed by atoms with E-state index in [2.05, 4.69) is 72.5 Å². The Kier molecular flexibility index (Phi) is 6.45. The zero-order valence-electron chi connectivity index (χ0n) is 12.8. The molecular formula is C19H25NO. The molecular weight excluding hydrogens is 258 g/mol. The minimum atomic E-state index is 0.268. The van der Waals surface area contributed by atoms with Gasteiger partial charge < -0.3 is 5.11 Å². The Morgan fingerprint density at radius 3 is 1.76 bits per heavy atom. The number of hydrogen-bond donors (Lipinski definition) is 1. The first-order valence-corrected chi connectivity index (χ1v) is 7.69. The van der Waals surface area contributed by atoms with E-state index in [4.69, 9.17) is 0 Å². The highest BCUT2D eigenvalue weighted by atomic mass is 16.3. The zero-order chi connectivity index (χ0) is 14.9. The lowest BCUT2D eigenvalue weighted by Gasteiger charge is -2.24. The normalized spacial score (nSPS) is 12.5. The smallest absolute Gasteiger partial charge is 0.0457 e. The third-order valence-electron chi connectivity index (χ3n) is 3.75. The Hall–Kier alpha value is -1.64. The van der Waals surface area contributed by atoms with Crippen molar-refractivity contribution in [1.82, 2.24) is 4.90 Å². The van der Waals surface area contributed by atoms with Crippen LogP contribution in [0.1, 0.15) is 24.5 Å². The van der Waals surface area contributed by atoms with Crippen molar-refractivity contribution in [3.63, 3.8) is 0 Å². The quantitative estimate of drug-likeness (QED) is 0.798. The fourth-order valence-electron chi connectivity index (χ4n) is 2.39. The predicted octanol–water partition coefficient (Wildman–Crippen LogP) is 3.71. The van der Waals surface area contributed by atoms with Crippen LogP contribution in [0.3, 0.4) is 0 Å². The minimum Gasteiger partial charge on any atom is -0.396 e. The first-order chi connectivity index (χ1) is 10.3. The summed E-state index contributed by atoms with van der Waals surface area (Å²) in [7, 11) is 0. The second-order valence-corrected chi connectivity index (χ2v) is 5.76. The third kappa shape index (κ3) is 5.70. The van der Waals surface area contributed by atoms with Gasteiger partial charge in [0.1, 0.15) is 0 Å². The van der Waals surface area contributed by atoms with Crippen LogP contribution in [0.2, 0.25) is 0 Å². The molecule has 1 N–H and O–H groups in total. The lowest BCUT2D eigenvalue weighted by molar-refractivity contribution is 0.192. The fraction of sp³-hybridized carbons (Fsp3) is 0.368. The molecule has 0 saturated heterocycles. The molecule has 0 spiro atoms. The standard InChI is InChI=1S/C19H25NO/c1-17(16-21)12-13-20(14-18-8-4-2-5-9-18)15-19-10-6-3-7-11-19/h2-11,17,21H,12-16H2,1H3/t17-/m1/s1. The average Bonchev–Trinajstić information content (AvgIpc) is 2.54. The van der Waals surface area contributed by atoms with Gasteiger partial charge in [-0.25, -0.2) is 0 Å². The number of benzene rings is 2. The van der Waals surface area contributed by atoms with Gasteiger partial charge in [-0.15, -0.1) is 0 Å². The fourth-order valence-corrected chi connectivity index (χ4v) is 2.39. The largest absolute Gasteiger partial charge is 0.396 e. The number of rotatable bonds is 8. The van der Waals surface area contributed by atoms with E-state index >= 15 is 0 Å². The molecule has 2 rings (SSSR count). The van der Waals surface area contributed by atoms with Gasteiger partial charge in [0.05, 0.1) is 0 Å². The van der Waals surface area contributed by atoms with Crippen molar-refractivity contribution < 1.29 is 5.11 Å². The monoisotopic (exact) mass is 283 g/mol. The maximum absolute atomic E-state index is 9.21. The van der Waals surface area contributed by atoms with Crippen molar-refractivity contribution in [2.24, 2.45) is 5.92 Å². The highest BCUT2D eigenvalue weighted by Gasteiger charge is 2.09. The van der Waals surface area contributed by atoms with E-state index in [0.29, 0.717) is 5.92 Å². The summed E-state index contributed by atoms with van der Waals surface area (Å²) in [5.74, 6) is 0.360. The molecule has 1 atom stereocenters. The van der Waals surface area contributed by atoms with Gasteiger partial charge in [-0.05, 0) is 30.0 Å². The van der Waals surface area contributed by atoms with Crippen molar-refractivity contribution in [3.8, 4) is 0 Å². The van der Waals surface area contributed by atoms with E-state index in [0.717, 1.165) is 26.1 Å². The summed E-state index contributed by atoms with van der Waals surface area (Å²) in [5, 5.41) is 9.21. The van der Waals surface area contributed by atoms with Crippen LogP contribution in [0.15, 0.2) is 60.7 Å². The first kappa shape index (κ1) is 15.7. The maximum atomic E-state index is 9.21. The molecule has 0 aliphatic heterocycles. The molecule has 0 heterocycles. The molecule has 0 bridgehead atoms. The third-order valence-corrected chi connectivity index (χ3v) is 3.75. The summed E-state index contributed by atoms with van der Waals surface area (Å²) >= 11 is 0. The maximum Gasteiger partial charge on any atom is 0.0457 e. The van der Waals surface area contributed by atoms with Crippen molar-refractivity contribution in [3.05, 3.63) is 71.8 Å². The SMILES string of the molecule is C[C@@H](CO)CCN(Cc1ccccc1)Cc1ccccc1. The lowest BCUT2D eigenvalue weighted by Crippen LogP contribution is -2.25. The molecule has 2 nitrogen and oxygen atoms in total. The van der Waals surface area contributed by atoms with Crippen molar-refractivity contribution in [2.45, 2.75) is 26.4 Å². The lowest BCUT2D eigenvalue weighted by atomic mass is 10.1. The number of nitrogens with zero attached hydrogens (tertiary/aromatic N) is 1. The second-order valence-electron chi connectivity index (χ2n) is 5.76. The van der Waals surface area contributed by atoms with Gasteiger partial charge in [0.15, 0.2) is 0 Å². The summed E-state index contributed by atoms with van der Waals surface area (Å²) < 4.78 is 0. The molecule has 112 valence electrons.